The first-order valence-corrected chi connectivity index (χ1v) is 10.1. The zero-order valence-electron chi connectivity index (χ0n) is 18.1. The molecule has 3 rings (SSSR count). The Morgan fingerprint density at radius 3 is 2.33 bits per heavy atom. The van der Waals surface area contributed by atoms with Gasteiger partial charge in [-0.1, -0.05) is 25.1 Å². The predicted molar refractivity (Wildman–Crippen MR) is 117 cm³/mol. The molecule has 1 heterocycles. The number of esters is 1. The predicted octanol–water partition coefficient (Wildman–Crippen LogP) is 2.33. The molecule has 168 valence electrons. The van der Waals surface area contributed by atoms with Gasteiger partial charge in [0, 0.05) is 6.54 Å². The normalized spacial score (nSPS) is 12.8. The molecule has 1 aliphatic heterocycles. The zero-order valence-corrected chi connectivity index (χ0v) is 18.1. The van der Waals surface area contributed by atoms with E-state index in [1.807, 2.05) is 13.0 Å². The topological polar surface area (TPSA) is 126 Å². The average molecular weight is 447 g/mol. The highest BCUT2D eigenvalue weighted by Crippen LogP contribution is 2.29. The van der Waals surface area contributed by atoms with E-state index in [9.17, 15) is 24.4 Å². The molecule has 0 aromatic heterocycles. The standard InChI is InChI=1S/C24H21N3O6/c1-3-10-26-22(29)16(13-25)11-15-8-9-19(20(12-15)32-2)33-21(28)14-27-23(30)17-6-4-5-7-18(17)24(27)31/h4-9,11-12H,3,10,14H2,1-2H3,(H,26,29)/b16-11+. The summed E-state index contributed by atoms with van der Waals surface area (Å²) in [5.41, 5.74) is 0.872. The maximum absolute atomic E-state index is 12.4. The first-order valence-electron chi connectivity index (χ1n) is 10.1. The Balaban J connectivity index is 1.73. The zero-order chi connectivity index (χ0) is 24.0. The monoisotopic (exact) mass is 447 g/mol. The molecule has 9 nitrogen and oxygen atoms in total. The summed E-state index contributed by atoms with van der Waals surface area (Å²) >= 11 is 0. The second kappa shape index (κ2) is 10.2. The Kier molecular flexibility index (Phi) is 7.20. The van der Waals surface area contributed by atoms with E-state index in [4.69, 9.17) is 9.47 Å². The van der Waals surface area contributed by atoms with Gasteiger partial charge in [-0.25, -0.2) is 4.79 Å². The molecular formula is C24H21N3O6. The number of amides is 3. The van der Waals surface area contributed by atoms with Gasteiger partial charge in [-0.05, 0) is 42.3 Å². The van der Waals surface area contributed by atoms with Crippen LogP contribution in [0.1, 0.15) is 39.6 Å². The Bertz CT molecular complexity index is 1160. The molecule has 0 aliphatic carbocycles. The van der Waals surface area contributed by atoms with Gasteiger partial charge >= 0.3 is 5.97 Å². The minimum atomic E-state index is -0.831. The molecule has 0 radical (unpaired) electrons. The van der Waals surface area contributed by atoms with Crippen LogP contribution < -0.4 is 14.8 Å². The number of nitrogens with one attached hydrogen (secondary N) is 1. The molecule has 0 unspecified atom stereocenters. The van der Waals surface area contributed by atoms with Crippen molar-refractivity contribution in [1.29, 1.82) is 5.26 Å². The molecule has 2 aromatic carbocycles. The highest BCUT2D eigenvalue weighted by Gasteiger charge is 2.36. The second-order valence-electron chi connectivity index (χ2n) is 7.05. The van der Waals surface area contributed by atoms with Crippen LogP contribution >= 0.6 is 0 Å². The van der Waals surface area contributed by atoms with E-state index in [2.05, 4.69) is 5.32 Å². The molecule has 0 saturated heterocycles. The third-order valence-electron chi connectivity index (χ3n) is 4.79. The lowest BCUT2D eigenvalue weighted by Gasteiger charge is -2.14. The summed E-state index contributed by atoms with van der Waals surface area (Å²) < 4.78 is 10.6. The van der Waals surface area contributed by atoms with Crippen LogP contribution in [-0.4, -0.2) is 48.8 Å². The van der Waals surface area contributed by atoms with Crippen LogP contribution in [0.4, 0.5) is 0 Å². The first-order chi connectivity index (χ1) is 15.9. The Hall–Kier alpha value is -4.45. The Morgan fingerprint density at radius 1 is 1.09 bits per heavy atom. The fourth-order valence-corrected chi connectivity index (χ4v) is 3.17. The van der Waals surface area contributed by atoms with Crippen molar-refractivity contribution < 1.29 is 28.7 Å². The number of methoxy groups -OCH3 is 1. The maximum atomic E-state index is 12.4. The fraction of sp³-hybridized carbons (Fsp3) is 0.208. The van der Waals surface area contributed by atoms with Crippen LogP contribution in [0.25, 0.3) is 6.08 Å². The van der Waals surface area contributed by atoms with Crippen LogP contribution in [-0.2, 0) is 9.59 Å². The Morgan fingerprint density at radius 2 is 1.76 bits per heavy atom. The van der Waals surface area contributed by atoms with Gasteiger partial charge in [0.15, 0.2) is 11.5 Å². The molecule has 0 atom stereocenters. The smallest absolute Gasteiger partial charge is 0.331 e. The number of hydrogen-bond donors (Lipinski definition) is 1. The number of carbonyl (C=O) groups excluding carboxylic acids is 4. The molecule has 3 amide bonds. The summed E-state index contributed by atoms with van der Waals surface area (Å²) in [6.07, 6.45) is 2.12. The van der Waals surface area contributed by atoms with E-state index in [0.717, 1.165) is 11.3 Å². The largest absolute Gasteiger partial charge is 0.493 e. The molecule has 1 N–H and O–H groups in total. The molecule has 0 spiro atoms. The number of nitrogens with zero attached hydrogens (tertiary/aromatic N) is 2. The summed E-state index contributed by atoms with van der Waals surface area (Å²) in [6, 6.07) is 12.6. The number of hydrogen-bond acceptors (Lipinski definition) is 7. The van der Waals surface area contributed by atoms with Gasteiger partial charge in [0.05, 0.1) is 18.2 Å². The summed E-state index contributed by atoms with van der Waals surface area (Å²) in [4.78, 5) is 50.2. The number of benzene rings is 2. The van der Waals surface area contributed by atoms with Crippen LogP contribution in [0, 0.1) is 11.3 Å². The maximum Gasteiger partial charge on any atom is 0.331 e. The van der Waals surface area contributed by atoms with Crippen molar-refractivity contribution in [2.75, 3.05) is 20.2 Å². The summed E-state index contributed by atoms with van der Waals surface area (Å²) in [6.45, 7) is 1.78. The van der Waals surface area contributed by atoms with Crippen LogP contribution in [0.3, 0.4) is 0 Å². The minimum absolute atomic E-state index is 0.0604. The first kappa shape index (κ1) is 23.2. The Labute approximate surface area is 190 Å². The van der Waals surface area contributed by atoms with E-state index in [-0.39, 0.29) is 28.2 Å². The molecule has 2 aromatic rings. The number of carbonyl (C=O) groups is 4. The average Bonchev–Trinajstić information content (AvgIpc) is 3.06. The van der Waals surface area contributed by atoms with Gasteiger partial charge in [-0.3, -0.25) is 19.3 Å². The highest BCUT2D eigenvalue weighted by molar-refractivity contribution is 6.22. The number of fused-ring (bicyclic) bond motifs is 1. The lowest BCUT2D eigenvalue weighted by molar-refractivity contribution is -0.134. The van der Waals surface area contributed by atoms with Gasteiger partial charge in [-0.2, -0.15) is 5.26 Å². The molecule has 0 saturated carbocycles. The van der Waals surface area contributed by atoms with Gasteiger partial charge in [0.1, 0.15) is 18.2 Å². The van der Waals surface area contributed by atoms with Crippen LogP contribution in [0.15, 0.2) is 48.0 Å². The van der Waals surface area contributed by atoms with Gasteiger partial charge in [0.25, 0.3) is 17.7 Å². The number of imide groups is 1. The van der Waals surface area contributed by atoms with Gasteiger partial charge in [0.2, 0.25) is 0 Å². The number of rotatable bonds is 8. The van der Waals surface area contributed by atoms with E-state index in [1.54, 1.807) is 12.1 Å². The van der Waals surface area contributed by atoms with E-state index < -0.39 is 30.2 Å². The molecular weight excluding hydrogens is 426 g/mol. The van der Waals surface area contributed by atoms with Crippen molar-refractivity contribution >= 4 is 29.8 Å². The molecule has 0 fully saturated rings. The van der Waals surface area contributed by atoms with E-state index in [0.29, 0.717) is 12.1 Å². The quantitative estimate of drug-likeness (QED) is 0.216. The van der Waals surface area contributed by atoms with Gasteiger partial charge in [-0.15, -0.1) is 0 Å². The lowest BCUT2D eigenvalue weighted by Crippen LogP contribution is -2.36. The van der Waals surface area contributed by atoms with Gasteiger partial charge < -0.3 is 14.8 Å². The van der Waals surface area contributed by atoms with Crippen molar-refractivity contribution in [2.45, 2.75) is 13.3 Å². The van der Waals surface area contributed by atoms with Crippen molar-refractivity contribution in [2.24, 2.45) is 0 Å². The summed E-state index contributed by atoms with van der Waals surface area (Å²) in [5, 5.41) is 11.9. The van der Waals surface area contributed by atoms with Crippen molar-refractivity contribution in [3.63, 3.8) is 0 Å². The van der Waals surface area contributed by atoms with E-state index in [1.165, 1.54) is 43.5 Å². The molecule has 9 heteroatoms. The van der Waals surface area contributed by atoms with Crippen molar-refractivity contribution in [1.82, 2.24) is 10.2 Å². The number of ether oxygens (including phenoxy) is 2. The van der Waals surface area contributed by atoms with E-state index >= 15 is 0 Å². The minimum Gasteiger partial charge on any atom is -0.493 e. The van der Waals surface area contributed by atoms with Crippen molar-refractivity contribution in [3.8, 4) is 17.6 Å². The van der Waals surface area contributed by atoms with Crippen molar-refractivity contribution in [3.05, 3.63) is 64.7 Å². The second-order valence-corrected chi connectivity index (χ2v) is 7.05. The summed E-state index contributed by atoms with van der Waals surface area (Å²) in [5.74, 6) is -2.22. The fourth-order valence-electron chi connectivity index (χ4n) is 3.17. The lowest BCUT2D eigenvalue weighted by atomic mass is 10.1. The SMILES string of the molecule is CCCNC(=O)/C(C#N)=C/c1ccc(OC(=O)CN2C(=O)c3ccccc3C2=O)c(OC)c1. The highest BCUT2D eigenvalue weighted by atomic mass is 16.6. The summed E-state index contributed by atoms with van der Waals surface area (Å²) in [7, 11) is 1.36. The van der Waals surface area contributed by atoms with Crippen LogP contribution in [0.2, 0.25) is 0 Å². The molecule has 0 bridgehead atoms. The third-order valence-corrected chi connectivity index (χ3v) is 4.79. The molecule has 33 heavy (non-hydrogen) atoms. The molecule has 1 aliphatic rings. The number of nitriles is 1. The van der Waals surface area contributed by atoms with Crippen LogP contribution in [0.5, 0.6) is 11.5 Å². The third kappa shape index (κ3) is 5.07.